The number of nitrogens with zero attached hydrogens (tertiary/aromatic N) is 2. The summed E-state index contributed by atoms with van der Waals surface area (Å²) in [5.74, 6) is 0. The molecule has 3 heteroatoms. The number of hydrogen-bond acceptors (Lipinski definition) is 3. The lowest BCUT2D eigenvalue weighted by molar-refractivity contribution is 0.768. The van der Waals surface area contributed by atoms with Gasteiger partial charge in [0.25, 0.3) is 0 Å². The SMILES string of the molecule is c1ccc(-c2nc3ccc(N(c4ccc5c(c4)C(c4ccccc4)(c4ccccc4)c4ccccc4-5)c4cccc5ccccc45)cc3s2)cc1. The van der Waals surface area contributed by atoms with Gasteiger partial charge < -0.3 is 4.90 Å². The molecule has 0 radical (unpaired) electrons. The molecule has 0 saturated carbocycles. The van der Waals surface area contributed by atoms with Crippen LogP contribution < -0.4 is 4.90 Å². The number of hydrogen-bond donors (Lipinski definition) is 0. The summed E-state index contributed by atoms with van der Waals surface area (Å²) >= 11 is 1.74. The molecular weight excluding hydrogens is 637 g/mol. The molecule has 2 nitrogen and oxygen atoms in total. The largest absolute Gasteiger partial charge is 0.310 e. The van der Waals surface area contributed by atoms with Crippen LogP contribution in [0.25, 0.3) is 42.7 Å². The lowest BCUT2D eigenvalue weighted by Gasteiger charge is -2.35. The van der Waals surface area contributed by atoms with Gasteiger partial charge in [-0.05, 0) is 75.2 Å². The van der Waals surface area contributed by atoms with Crippen molar-refractivity contribution in [2.24, 2.45) is 0 Å². The molecule has 1 aliphatic carbocycles. The van der Waals surface area contributed by atoms with E-state index in [1.807, 2.05) is 0 Å². The Balaban J connectivity index is 1.24. The first-order valence-electron chi connectivity index (χ1n) is 17.4. The molecule has 1 aromatic heterocycles. The standard InChI is InChI=1S/C48H32N2S/c1-4-16-34(17-5-1)47-49-44-30-28-38(32-46(44)51-47)50(45-26-14-18-33-15-10-11-23-39(33)45)37-27-29-41-40-24-12-13-25-42(40)48(43(41)31-37,35-19-6-2-7-20-35)36-21-8-3-9-22-36/h1-32H. The zero-order valence-corrected chi connectivity index (χ0v) is 28.6. The molecule has 9 aromatic rings. The van der Waals surface area contributed by atoms with E-state index in [4.69, 9.17) is 4.98 Å². The maximum atomic E-state index is 5.04. The molecule has 1 aliphatic rings. The molecule has 0 saturated heterocycles. The Kier molecular flexibility index (Phi) is 6.93. The number of thiazole rings is 1. The average molecular weight is 669 g/mol. The number of aromatic nitrogens is 1. The van der Waals surface area contributed by atoms with Crippen LogP contribution in [-0.4, -0.2) is 4.98 Å². The van der Waals surface area contributed by atoms with E-state index in [1.54, 1.807) is 11.3 Å². The van der Waals surface area contributed by atoms with Crippen molar-refractivity contribution in [1.29, 1.82) is 0 Å². The zero-order valence-electron chi connectivity index (χ0n) is 27.8. The minimum Gasteiger partial charge on any atom is -0.310 e. The second kappa shape index (κ2) is 11.9. The molecule has 1 heterocycles. The predicted molar refractivity (Wildman–Crippen MR) is 215 cm³/mol. The van der Waals surface area contributed by atoms with Gasteiger partial charge in [-0.1, -0.05) is 158 Å². The first-order valence-corrected chi connectivity index (χ1v) is 18.2. The maximum Gasteiger partial charge on any atom is 0.124 e. The van der Waals surface area contributed by atoms with E-state index in [-0.39, 0.29) is 0 Å². The van der Waals surface area contributed by atoms with E-state index in [1.165, 1.54) is 44.2 Å². The fourth-order valence-electron chi connectivity index (χ4n) is 8.16. The van der Waals surface area contributed by atoms with Gasteiger partial charge >= 0.3 is 0 Å². The van der Waals surface area contributed by atoms with E-state index in [2.05, 4.69) is 199 Å². The Labute approximate surface area is 301 Å². The van der Waals surface area contributed by atoms with Crippen LogP contribution in [0.4, 0.5) is 17.1 Å². The Morgan fingerprint density at radius 2 is 1.08 bits per heavy atom. The highest BCUT2D eigenvalue weighted by Crippen LogP contribution is 2.57. The lowest BCUT2D eigenvalue weighted by Crippen LogP contribution is -2.28. The van der Waals surface area contributed by atoms with E-state index < -0.39 is 5.41 Å². The summed E-state index contributed by atoms with van der Waals surface area (Å²) in [6.07, 6.45) is 0. The van der Waals surface area contributed by atoms with Crippen molar-refractivity contribution in [3.8, 4) is 21.7 Å². The summed E-state index contributed by atoms with van der Waals surface area (Å²) < 4.78 is 1.16. The van der Waals surface area contributed by atoms with Crippen molar-refractivity contribution in [3.05, 3.63) is 216 Å². The zero-order chi connectivity index (χ0) is 33.8. The topological polar surface area (TPSA) is 16.1 Å². The van der Waals surface area contributed by atoms with Crippen molar-refractivity contribution in [2.75, 3.05) is 4.90 Å². The highest BCUT2D eigenvalue weighted by Gasteiger charge is 2.46. The molecular formula is C48H32N2S. The molecule has 0 amide bonds. The van der Waals surface area contributed by atoms with Crippen LogP contribution in [0.1, 0.15) is 22.3 Å². The van der Waals surface area contributed by atoms with Gasteiger partial charge in [-0.15, -0.1) is 11.3 Å². The van der Waals surface area contributed by atoms with Crippen molar-refractivity contribution in [3.63, 3.8) is 0 Å². The smallest absolute Gasteiger partial charge is 0.124 e. The van der Waals surface area contributed by atoms with Crippen LogP contribution in [0.3, 0.4) is 0 Å². The highest BCUT2D eigenvalue weighted by atomic mass is 32.1. The first kappa shape index (κ1) is 29.6. The summed E-state index contributed by atoms with van der Waals surface area (Å²) in [5, 5.41) is 3.45. The Morgan fingerprint density at radius 3 is 1.86 bits per heavy atom. The molecule has 10 rings (SSSR count). The van der Waals surface area contributed by atoms with E-state index in [0.29, 0.717) is 0 Å². The predicted octanol–water partition coefficient (Wildman–Crippen LogP) is 12.9. The van der Waals surface area contributed by atoms with Crippen LogP contribution in [-0.2, 0) is 5.41 Å². The van der Waals surface area contributed by atoms with E-state index >= 15 is 0 Å². The Bertz CT molecular complexity index is 2650. The Hall–Kier alpha value is -6.29. The van der Waals surface area contributed by atoms with Gasteiger partial charge in [0.15, 0.2) is 0 Å². The van der Waals surface area contributed by atoms with Gasteiger partial charge in [-0.3, -0.25) is 0 Å². The first-order chi connectivity index (χ1) is 25.3. The van der Waals surface area contributed by atoms with Gasteiger partial charge in [-0.2, -0.15) is 0 Å². The minimum atomic E-state index is -0.485. The Morgan fingerprint density at radius 1 is 0.471 bits per heavy atom. The van der Waals surface area contributed by atoms with Crippen LogP contribution >= 0.6 is 11.3 Å². The molecule has 0 bridgehead atoms. The van der Waals surface area contributed by atoms with Crippen molar-refractivity contribution in [2.45, 2.75) is 5.41 Å². The van der Waals surface area contributed by atoms with Gasteiger partial charge in [0, 0.05) is 22.3 Å². The molecule has 0 N–H and O–H groups in total. The van der Waals surface area contributed by atoms with Crippen LogP contribution in [0.15, 0.2) is 194 Å². The fraction of sp³-hybridized carbons (Fsp3) is 0.0208. The third kappa shape index (κ3) is 4.66. The lowest BCUT2D eigenvalue weighted by atomic mass is 9.67. The normalized spacial score (nSPS) is 12.9. The fourth-order valence-corrected chi connectivity index (χ4v) is 9.16. The van der Waals surface area contributed by atoms with Crippen LogP contribution in [0, 0.1) is 0 Å². The summed E-state index contributed by atoms with van der Waals surface area (Å²) in [7, 11) is 0. The third-order valence-electron chi connectivity index (χ3n) is 10.4. The number of anilines is 3. The van der Waals surface area contributed by atoms with Crippen molar-refractivity contribution >= 4 is 49.4 Å². The summed E-state index contributed by atoms with van der Waals surface area (Å²) in [6.45, 7) is 0. The monoisotopic (exact) mass is 668 g/mol. The summed E-state index contributed by atoms with van der Waals surface area (Å²) in [6, 6.07) is 70.6. The second-order valence-corrected chi connectivity index (χ2v) is 14.2. The molecule has 0 atom stereocenters. The van der Waals surface area contributed by atoms with Crippen molar-refractivity contribution in [1.82, 2.24) is 4.98 Å². The average Bonchev–Trinajstić information content (AvgIpc) is 3.77. The molecule has 0 spiro atoms. The maximum absolute atomic E-state index is 5.04. The van der Waals surface area contributed by atoms with E-state index in [0.717, 1.165) is 37.8 Å². The molecule has 0 unspecified atom stereocenters. The van der Waals surface area contributed by atoms with E-state index in [9.17, 15) is 0 Å². The van der Waals surface area contributed by atoms with Crippen LogP contribution in [0.5, 0.6) is 0 Å². The number of rotatable bonds is 6. The van der Waals surface area contributed by atoms with Gasteiger partial charge in [0.1, 0.15) is 5.01 Å². The molecule has 0 aliphatic heterocycles. The van der Waals surface area contributed by atoms with Gasteiger partial charge in [0.2, 0.25) is 0 Å². The molecule has 8 aromatic carbocycles. The summed E-state index contributed by atoms with van der Waals surface area (Å²) in [5.41, 5.74) is 12.7. The minimum absolute atomic E-state index is 0.485. The summed E-state index contributed by atoms with van der Waals surface area (Å²) in [4.78, 5) is 7.47. The molecule has 51 heavy (non-hydrogen) atoms. The second-order valence-electron chi connectivity index (χ2n) is 13.1. The van der Waals surface area contributed by atoms with Crippen LogP contribution in [0.2, 0.25) is 0 Å². The third-order valence-corrected chi connectivity index (χ3v) is 11.4. The quantitative estimate of drug-likeness (QED) is 0.175. The number of fused-ring (bicyclic) bond motifs is 5. The number of benzene rings is 8. The van der Waals surface area contributed by atoms with Crippen molar-refractivity contribution < 1.29 is 0 Å². The van der Waals surface area contributed by atoms with Gasteiger partial charge in [-0.25, -0.2) is 4.98 Å². The van der Waals surface area contributed by atoms with Gasteiger partial charge in [0.05, 0.1) is 21.3 Å². The highest BCUT2D eigenvalue weighted by molar-refractivity contribution is 7.21. The molecule has 240 valence electrons. The molecule has 0 fully saturated rings.